The van der Waals surface area contributed by atoms with Crippen molar-refractivity contribution in [2.45, 2.75) is 38.8 Å². The number of hydrogen-bond acceptors (Lipinski definition) is 3. The van der Waals surface area contributed by atoms with E-state index in [1.807, 2.05) is 0 Å². The molecule has 2 aliphatic rings. The molecule has 1 heterocycles. The third-order valence-corrected chi connectivity index (χ3v) is 5.19. The lowest BCUT2D eigenvalue weighted by Crippen LogP contribution is -2.47. The summed E-state index contributed by atoms with van der Waals surface area (Å²) in [6.45, 7) is 7.80. The average Bonchev–Trinajstić information content (AvgIpc) is 3.10. The van der Waals surface area contributed by atoms with Gasteiger partial charge in [0.1, 0.15) is 0 Å². The van der Waals surface area contributed by atoms with E-state index in [0.29, 0.717) is 12.0 Å². The highest BCUT2D eigenvalue weighted by Crippen LogP contribution is 2.20. The summed E-state index contributed by atoms with van der Waals surface area (Å²) in [7, 11) is -0.549. The maximum atomic E-state index is 11.3. The maximum Gasteiger partial charge on any atom is 0.0363 e. The van der Waals surface area contributed by atoms with Crippen LogP contribution in [0.25, 0.3) is 0 Å². The molecular weight excluding hydrogens is 220 g/mol. The van der Waals surface area contributed by atoms with Gasteiger partial charge in [0, 0.05) is 47.5 Å². The molecule has 3 nitrogen and oxygen atoms in total. The standard InChI is InChI=1S/C12H24N2OS/c1-10(9-13-12-3-4-12)11(2)14-5-7-16(15)8-6-14/h10-13H,3-9H2,1-2H3. The molecule has 94 valence electrons. The van der Waals surface area contributed by atoms with Gasteiger partial charge in [-0.3, -0.25) is 9.11 Å². The van der Waals surface area contributed by atoms with E-state index in [9.17, 15) is 4.21 Å². The monoisotopic (exact) mass is 244 g/mol. The van der Waals surface area contributed by atoms with Crippen LogP contribution in [0.3, 0.4) is 0 Å². The first-order valence-corrected chi connectivity index (χ1v) is 7.98. The predicted octanol–water partition coefficient (Wildman–Crippen LogP) is 0.827. The van der Waals surface area contributed by atoms with Crippen LogP contribution in [0.4, 0.5) is 0 Å². The fraction of sp³-hybridized carbons (Fsp3) is 1.00. The van der Waals surface area contributed by atoms with Crippen LogP contribution in [0.5, 0.6) is 0 Å². The summed E-state index contributed by atoms with van der Waals surface area (Å²) in [6.07, 6.45) is 2.73. The largest absolute Gasteiger partial charge is 0.314 e. The van der Waals surface area contributed by atoms with Crippen molar-refractivity contribution in [1.29, 1.82) is 0 Å². The second-order valence-electron chi connectivity index (χ2n) is 5.28. The van der Waals surface area contributed by atoms with Crippen molar-refractivity contribution in [3.63, 3.8) is 0 Å². The van der Waals surface area contributed by atoms with Crippen molar-refractivity contribution < 1.29 is 4.21 Å². The van der Waals surface area contributed by atoms with Crippen LogP contribution in [0.15, 0.2) is 0 Å². The number of rotatable bonds is 5. The molecule has 0 spiro atoms. The van der Waals surface area contributed by atoms with Crippen molar-refractivity contribution in [3.8, 4) is 0 Å². The highest BCUT2D eigenvalue weighted by Gasteiger charge is 2.26. The van der Waals surface area contributed by atoms with Crippen molar-refractivity contribution in [1.82, 2.24) is 10.2 Å². The quantitative estimate of drug-likeness (QED) is 0.777. The first-order valence-electron chi connectivity index (χ1n) is 6.49. The lowest BCUT2D eigenvalue weighted by Gasteiger charge is -2.35. The Bertz CT molecular complexity index is 245. The van der Waals surface area contributed by atoms with E-state index in [1.165, 1.54) is 12.8 Å². The topological polar surface area (TPSA) is 32.3 Å². The van der Waals surface area contributed by atoms with Crippen LogP contribution < -0.4 is 5.32 Å². The summed E-state index contributed by atoms with van der Waals surface area (Å²) in [4.78, 5) is 2.50. The molecular formula is C12H24N2OS. The van der Waals surface area contributed by atoms with E-state index in [0.717, 1.165) is 37.2 Å². The summed E-state index contributed by atoms with van der Waals surface area (Å²) in [5.41, 5.74) is 0. The fourth-order valence-electron chi connectivity index (χ4n) is 2.23. The Hall–Kier alpha value is 0.0700. The first-order chi connectivity index (χ1) is 7.66. The molecule has 2 fully saturated rings. The molecule has 2 atom stereocenters. The van der Waals surface area contributed by atoms with Crippen LogP contribution in [-0.2, 0) is 10.8 Å². The molecule has 1 N–H and O–H groups in total. The summed E-state index contributed by atoms with van der Waals surface area (Å²) >= 11 is 0. The highest BCUT2D eigenvalue weighted by molar-refractivity contribution is 7.85. The zero-order valence-corrected chi connectivity index (χ0v) is 11.3. The summed E-state index contributed by atoms with van der Waals surface area (Å²) < 4.78 is 11.3. The van der Waals surface area contributed by atoms with E-state index in [4.69, 9.17) is 0 Å². The van der Waals surface area contributed by atoms with Crippen molar-refractivity contribution in [3.05, 3.63) is 0 Å². The average molecular weight is 244 g/mol. The van der Waals surface area contributed by atoms with Gasteiger partial charge < -0.3 is 5.32 Å². The third-order valence-electron chi connectivity index (χ3n) is 3.92. The minimum absolute atomic E-state index is 0.549. The van der Waals surface area contributed by atoms with Gasteiger partial charge >= 0.3 is 0 Å². The summed E-state index contributed by atoms with van der Waals surface area (Å²) in [5.74, 6) is 2.42. The molecule has 0 aromatic carbocycles. The van der Waals surface area contributed by atoms with Crippen molar-refractivity contribution >= 4 is 10.8 Å². The van der Waals surface area contributed by atoms with Crippen LogP contribution in [0.2, 0.25) is 0 Å². The molecule has 1 saturated heterocycles. The van der Waals surface area contributed by atoms with Gasteiger partial charge in [-0.25, -0.2) is 0 Å². The molecule has 0 amide bonds. The smallest absolute Gasteiger partial charge is 0.0363 e. The normalized spacial score (nSPS) is 27.9. The molecule has 0 radical (unpaired) electrons. The van der Waals surface area contributed by atoms with Gasteiger partial charge in [0.2, 0.25) is 0 Å². The second-order valence-corrected chi connectivity index (χ2v) is 6.98. The molecule has 4 heteroatoms. The minimum atomic E-state index is -0.549. The molecule has 0 bridgehead atoms. The van der Waals surface area contributed by atoms with Crippen LogP contribution in [0.1, 0.15) is 26.7 Å². The van der Waals surface area contributed by atoms with Gasteiger partial charge in [0.05, 0.1) is 0 Å². The molecule has 0 aromatic rings. The van der Waals surface area contributed by atoms with Crippen LogP contribution in [-0.4, -0.2) is 52.3 Å². The number of hydrogen-bond donors (Lipinski definition) is 1. The van der Waals surface area contributed by atoms with Crippen LogP contribution in [0, 0.1) is 5.92 Å². The van der Waals surface area contributed by atoms with Gasteiger partial charge in [-0.2, -0.15) is 0 Å². The molecule has 1 saturated carbocycles. The SMILES string of the molecule is CC(CNC1CC1)C(C)N1CCS(=O)CC1. The van der Waals surface area contributed by atoms with Crippen molar-refractivity contribution in [2.24, 2.45) is 5.92 Å². The number of nitrogens with zero attached hydrogens (tertiary/aromatic N) is 1. The molecule has 1 aliphatic carbocycles. The summed E-state index contributed by atoms with van der Waals surface area (Å²) in [6, 6.07) is 1.42. The third kappa shape index (κ3) is 3.54. The first kappa shape index (κ1) is 12.5. The second kappa shape index (κ2) is 5.61. The molecule has 2 rings (SSSR count). The molecule has 2 unspecified atom stereocenters. The Morgan fingerprint density at radius 1 is 1.31 bits per heavy atom. The lowest BCUT2D eigenvalue weighted by atomic mass is 10.0. The molecule has 1 aliphatic heterocycles. The van der Waals surface area contributed by atoms with Gasteiger partial charge in [-0.05, 0) is 32.2 Å². The van der Waals surface area contributed by atoms with Gasteiger partial charge in [-0.1, -0.05) is 6.92 Å². The molecule has 0 aromatic heterocycles. The highest BCUT2D eigenvalue weighted by atomic mass is 32.2. The Labute approximate surface area is 101 Å². The van der Waals surface area contributed by atoms with E-state index < -0.39 is 10.8 Å². The van der Waals surface area contributed by atoms with Crippen LogP contribution >= 0.6 is 0 Å². The van der Waals surface area contributed by atoms with E-state index in [1.54, 1.807) is 0 Å². The van der Waals surface area contributed by atoms with E-state index >= 15 is 0 Å². The zero-order valence-electron chi connectivity index (χ0n) is 10.4. The fourth-order valence-corrected chi connectivity index (χ4v) is 3.31. The number of nitrogens with one attached hydrogen (secondary N) is 1. The van der Waals surface area contributed by atoms with Gasteiger partial charge in [-0.15, -0.1) is 0 Å². The van der Waals surface area contributed by atoms with Crippen molar-refractivity contribution in [2.75, 3.05) is 31.1 Å². The Balaban J connectivity index is 1.71. The van der Waals surface area contributed by atoms with E-state index in [-0.39, 0.29) is 0 Å². The van der Waals surface area contributed by atoms with Gasteiger partial charge in [0.15, 0.2) is 0 Å². The Kier molecular flexibility index (Phi) is 4.39. The van der Waals surface area contributed by atoms with E-state index in [2.05, 4.69) is 24.1 Å². The Morgan fingerprint density at radius 3 is 2.50 bits per heavy atom. The lowest BCUT2D eigenvalue weighted by molar-refractivity contribution is 0.173. The predicted molar refractivity (Wildman–Crippen MR) is 69.1 cm³/mol. The maximum absolute atomic E-state index is 11.3. The van der Waals surface area contributed by atoms with Gasteiger partial charge in [0.25, 0.3) is 0 Å². The summed E-state index contributed by atoms with van der Waals surface area (Å²) in [5, 5.41) is 3.60. The minimum Gasteiger partial charge on any atom is -0.314 e. The Morgan fingerprint density at radius 2 is 1.94 bits per heavy atom. The molecule has 16 heavy (non-hydrogen) atoms. The zero-order chi connectivity index (χ0) is 11.5.